The van der Waals surface area contributed by atoms with Gasteiger partial charge in [0.2, 0.25) is 0 Å². The second-order valence-corrected chi connectivity index (χ2v) is 4.93. The number of nitrogens with one attached hydrogen (secondary N) is 1. The largest absolute Gasteiger partial charge is 0.481 e. The highest BCUT2D eigenvalue weighted by Gasteiger charge is 2.14. The van der Waals surface area contributed by atoms with Crippen molar-refractivity contribution < 1.29 is 13.9 Å². The van der Waals surface area contributed by atoms with Crippen LogP contribution in [0.25, 0.3) is 0 Å². The second kappa shape index (κ2) is 6.43. The lowest BCUT2D eigenvalue weighted by Gasteiger charge is -2.14. The van der Waals surface area contributed by atoms with E-state index in [4.69, 9.17) is 9.15 Å². The molecular weight excluding hydrogens is 310 g/mol. The molecule has 0 aliphatic rings. The van der Waals surface area contributed by atoms with Gasteiger partial charge in [0, 0.05) is 4.47 Å². The van der Waals surface area contributed by atoms with Crippen LogP contribution in [-0.2, 0) is 11.3 Å². The average molecular weight is 324 g/mol. The highest BCUT2D eigenvalue weighted by atomic mass is 79.9. The SMILES string of the molecule is CC(Oc1ccc(Br)cc1)C(=O)NCc1ccco1. The molecule has 1 heterocycles. The first-order valence-electron chi connectivity index (χ1n) is 5.87. The molecule has 0 radical (unpaired) electrons. The molecule has 1 unspecified atom stereocenters. The molecule has 4 nitrogen and oxygen atoms in total. The van der Waals surface area contributed by atoms with Crippen molar-refractivity contribution in [2.45, 2.75) is 19.6 Å². The van der Waals surface area contributed by atoms with E-state index in [0.29, 0.717) is 18.1 Å². The Morgan fingerprint density at radius 3 is 2.74 bits per heavy atom. The Bertz CT molecular complexity index is 522. The number of hydrogen-bond donors (Lipinski definition) is 1. The maximum atomic E-state index is 11.8. The van der Waals surface area contributed by atoms with Crippen molar-refractivity contribution in [3.63, 3.8) is 0 Å². The van der Waals surface area contributed by atoms with Gasteiger partial charge in [0.1, 0.15) is 11.5 Å². The van der Waals surface area contributed by atoms with Crippen molar-refractivity contribution in [2.75, 3.05) is 0 Å². The number of halogens is 1. The van der Waals surface area contributed by atoms with Gasteiger partial charge < -0.3 is 14.5 Å². The van der Waals surface area contributed by atoms with Gasteiger partial charge in [-0.3, -0.25) is 4.79 Å². The summed E-state index contributed by atoms with van der Waals surface area (Å²) in [5.74, 6) is 1.19. The number of amides is 1. The van der Waals surface area contributed by atoms with Crippen LogP contribution in [0.1, 0.15) is 12.7 Å². The Kier molecular flexibility index (Phi) is 4.63. The molecular formula is C14H14BrNO3. The van der Waals surface area contributed by atoms with E-state index in [-0.39, 0.29) is 5.91 Å². The molecule has 5 heteroatoms. The molecule has 1 aromatic carbocycles. The lowest BCUT2D eigenvalue weighted by atomic mass is 10.3. The lowest BCUT2D eigenvalue weighted by molar-refractivity contribution is -0.127. The van der Waals surface area contributed by atoms with Crippen molar-refractivity contribution in [3.8, 4) is 5.75 Å². The van der Waals surface area contributed by atoms with Crippen LogP contribution in [0.4, 0.5) is 0 Å². The van der Waals surface area contributed by atoms with Crippen LogP contribution in [0, 0.1) is 0 Å². The molecule has 0 spiro atoms. The Labute approximate surface area is 119 Å². The third-order valence-electron chi connectivity index (χ3n) is 2.51. The van der Waals surface area contributed by atoms with Crippen LogP contribution in [0.15, 0.2) is 51.6 Å². The van der Waals surface area contributed by atoms with Gasteiger partial charge in [-0.2, -0.15) is 0 Å². The minimum absolute atomic E-state index is 0.181. The van der Waals surface area contributed by atoms with Crippen molar-refractivity contribution in [1.82, 2.24) is 5.32 Å². The summed E-state index contributed by atoms with van der Waals surface area (Å²) < 4.78 is 11.6. The number of furan rings is 1. The molecule has 0 saturated carbocycles. The van der Waals surface area contributed by atoms with E-state index in [1.807, 2.05) is 12.1 Å². The van der Waals surface area contributed by atoms with Gasteiger partial charge in [-0.25, -0.2) is 0 Å². The minimum Gasteiger partial charge on any atom is -0.481 e. The zero-order chi connectivity index (χ0) is 13.7. The fourth-order valence-corrected chi connectivity index (χ4v) is 1.77. The van der Waals surface area contributed by atoms with E-state index in [1.54, 1.807) is 37.5 Å². The maximum absolute atomic E-state index is 11.8. The second-order valence-electron chi connectivity index (χ2n) is 4.01. The fraction of sp³-hybridized carbons (Fsp3) is 0.214. The van der Waals surface area contributed by atoms with Crippen molar-refractivity contribution in [3.05, 3.63) is 52.9 Å². The smallest absolute Gasteiger partial charge is 0.261 e. The molecule has 2 aromatic rings. The third-order valence-corrected chi connectivity index (χ3v) is 3.04. The van der Waals surface area contributed by atoms with Crippen molar-refractivity contribution in [1.29, 1.82) is 0 Å². The lowest BCUT2D eigenvalue weighted by Crippen LogP contribution is -2.35. The summed E-state index contributed by atoms with van der Waals surface area (Å²) >= 11 is 3.34. The van der Waals surface area contributed by atoms with Crippen molar-refractivity contribution in [2.24, 2.45) is 0 Å². The summed E-state index contributed by atoms with van der Waals surface area (Å²) in [4.78, 5) is 11.8. The Hall–Kier alpha value is -1.75. The van der Waals surface area contributed by atoms with Crippen molar-refractivity contribution >= 4 is 21.8 Å². The molecule has 0 fully saturated rings. The molecule has 1 aromatic heterocycles. The van der Waals surface area contributed by atoms with Gasteiger partial charge in [-0.15, -0.1) is 0 Å². The number of carbonyl (C=O) groups is 1. The van der Waals surface area contributed by atoms with E-state index >= 15 is 0 Å². The van der Waals surface area contributed by atoms with E-state index in [9.17, 15) is 4.79 Å². The highest BCUT2D eigenvalue weighted by Crippen LogP contribution is 2.17. The van der Waals surface area contributed by atoms with E-state index in [2.05, 4.69) is 21.2 Å². The molecule has 19 heavy (non-hydrogen) atoms. The van der Waals surface area contributed by atoms with Gasteiger partial charge in [-0.05, 0) is 43.3 Å². The monoisotopic (exact) mass is 323 g/mol. The van der Waals surface area contributed by atoms with Gasteiger partial charge in [-0.1, -0.05) is 15.9 Å². The number of hydrogen-bond acceptors (Lipinski definition) is 3. The number of rotatable bonds is 5. The molecule has 1 amide bonds. The average Bonchev–Trinajstić information content (AvgIpc) is 2.91. The zero-order valence-corrected chi connectivity index (χ0v) is 12.0. The summed E-state index contributed by atoms with van der Waals surface area (Å²) in [5, 5.41) is 2.75. The van der Waals surface area contributed by atoms with Gasteiger partial charge in [0.15, 0.2) is 6.10 Å². The quantitative estimate of drug-likeness (QED) is 0.919. The first-order chi connectivity index (χ1) is 9.15. The molecule has 100 valence electrons. The minimum atomic E-state index is -0.559. The fourth-order valence-electron chi connectivity index (χ4n) is 1.50. The van der Waals surface area contributed by atoms with Crippen LogP contribution >= 0.6 is 15.9 Å². The molecule has 1 atom stereocenters. The van der Waals surface area contributed by atoms with Gasteiger partial charge >= 0.3 is 0 Å². The predicted molar refractivity (Wildman–Crippen MR) is 74.8 cm³/mol. The number of carbonyl (C=O) groups excluding carboxylic acids is 1. The maximum Gasteiger partial charge on any atom is 0.261 e. The molecule has 0 aliphatic carbocycles. The van der Waals surface area contributed by atoms with Gasteiger partial charge in [0.05, 0.1) is 12.8 Å². The zero-order valence-electron chi connectivity index (χ0n) is 10.4. The third kappa shape index (κ3) is 4.13. The van der Waals surface area contributed by atoms with Crippen LogP contribution in [0.3, 0.4) is 0 Å². The highest BCUT2D eigenvalue weighted by molar-refractivity contribution is 9.10. The molecule has 2 rings (SSSR count). The van der Waals surface area contributed by atoms with Crippen LogP contribution in [0.2, 0.25) is 0 Å². The Morgan fingerprint density at radius 2 is 2.11 bits per heavy atom. The van der Waals surface area contributed by atoms with E-state index in [1.165, 1.54) is 0 Å². The van der Waals surface area contributed by atoms with E-state index in [0.717, 1.165) is 4.47 Å². The predicted octanol–water partition coefficient (Wildman–Crippen LogP) is 3.13. The van der Waals surface area contributed by atoms with Crippen LogP contribution < -0.4 is 10.1 Å². The summed E-state index contributed by atoms with van der Waals surface area (Å²) in [5.41, 5.74) is 0. The summed E-state index contributed by atoms with van der Waals surface area (Å²) in [6.07, 6.45) is 1.01. The molecule has 1 N–H and O–H groups in total. The standard InChI is InChI=1S/C14H14BrNO3/c1-10(19-12-6-4-11(15)5-7-12)14(17)16-9-13-3-2-8-18-13/h2-8,10H,9H2,1H3,(H,16,17). The molecule has 0 saturated heterocycles. The normalized spacial score (nSPS) is 11.9. The number of ether oxygens (including phenoxy) is 1. The first kappa shape index (κ1) is 13.7. The topological polar surface area (TPSA) is 51.5 Å². The summed E-state index contributed by atoms with van der Waals surface area (Å²) in [7, 11) is 0. The molecule has 0 aliphatic heterocycles. The Morgan fingerprint density at radius 1 is 1.37 bits per heavy atom. The molecule has 0 bridgehead atoms. The van der Waals surface area contributed by atoms with Crippen LogP contribution in [0.5, 0.6) is 5.75 Å². The van der Waals surface area contributed by atoms with E-state index < -0.39 is 6.10 Å². The van der Waals surface area contributed by atoms with Gasteiger partial charge in [0.25, 0.3) is 5.91 Å². The summed E-state index contributed by atoms with van der Waals surface area (Å²) in [6, 6.07) is 10.9. The number of benzene rings is 1. The Balaban J connectivity index is 1.83. The first-order valence-corrected chi connectivity index (χ1v) is 6.67. The van der Waals surface area contributed by atoms with Crippen LogP contribution in [-0.4, -0.2) is 12.0 Å². The summed E-state index contributed by atoms with van der Waals surface area (Å²) in [6.45, 7) is 2.07.